The van der Waals surface area contributed by atoms with Gasteiger partial charge in [0.2, 0.25) is 5.91 Å². The van der Waals surface area contributed by atoms with E-state index in [9.17, 15) is 4.79 Å². The Balaban J connectivity index is 1.91. The minimum Gasteiger partial charge on any atom is -0.357 e. The van der Waals surface area contributed by atoms with Crippen LogP contribution in [0.15, 0.2) is 27.7 Å². The molecular formula is C16H23BrN4O. The van der Waals surface area contributed by atoms with Gasteiger partial charge in [0.15, 0.2) is 5.96 Å². The number of nitrogens with zero attached hydrogens (tertiary/aromatic N) is 1. The zero-order chi connectivity index (χ0) is 16.1. The second-order valence-corrected chi connectivity index (χ2v) is 6.58. The third-order valence-corrected chi connectivity index (χ3v) is 4.12. The van der Waals surface area contributed by atoms with Crippen molar-refractivity contribution >= 4 is 33.5 Å². The van der Waals surface area contributed by atoms with Crippen LogP contribution in [0.4, 0.5) is 5.69 Å². The number of anilines is 1. The number of nitrogens with one attached hydrogen (secondary N) is 3. The van der Waals surface area contributed by atoms with Gasteiger partial charge in [-0.25, -0.2) is 4.99 Å². The Kier molecular flexibility index (Phi) is 5.83. The molecule has 1 aliphatic carbocycles. The van der Waals surface area contributed by atoms with Gasteiger partial charge in [0.1, 0.15) is 6.54 Å². The summed E-state index contributed by atoms with van der Waals surface area (Å²) in [5.74, 6) is 1.27. The van der Waals surface area contributed by atoms with E-state index < -0.39 is 0 Å². The summed E-state index contributed by atoms with van der Waals surface area (Å²) in [4.78, 5) is 16.4. The van der Waals surface area contributed by atoms with Crippen LogP contribution >= 0.6 is 15.9 Å². The molecule has 1 aromatic carbocycles. The van der Waals surface area contributed by atoms with Gasteiger partial charge in [-0.05, 0) is 43.9 Å². The molecule has 6 heteroatoms. The first-order valence-electron chi connectivity index (χ1n) is 7.60. The van der Waals surface area contributed by atoms with Gasteiger partial charge in [0.25, 0.3) is 0 Å². The van der Waals surface area contributed by atoms with Crippen LogP contribution in [0.1, 0.15) is 25.8 Å². The minimum absolute atomic E-state index is 0.0996. The molecule has 1 amide bonds. The van der Waals surface area contributed by atoms with E-state index in [1.807, 2.05) is 32.0 Å². The number of halogens is 1. The van der Waals surface area contributed by atoms with Crippen molar-refractivity contribution in [1.82, 2.24) is 10.6 Å². The maximum absolute atomic E-state index is 12.1. The highest BCUT2D eigenvalue weighted by Gasteiger charge is 2.33. The molecule has 22 heavy (non-hydrogen) atoms. The average molecular weight is 367 g/mol. The lowest BCUT2D eigenvalue weighted by atomic mass is 10.2. The van der Waals surface area contributed by atoms with Gasteiger partial charge in [-0.1, -0.05) is 28.9 Å². The number of carbonyl (C=O) groups is 1. The number of amides is 1. The largest absolute Gasteiger partial charge is 0.357 e. The van der Waals surface area contributed by atoms with Crippen LogP contribution in [0, 0.1) is 12.8 Å². The summed E-state index contributed by atoms with van der Waals surface area (Å²) in [6.07, 6.45) is 1.16. The molecule has 0 spiro atoms. The number of aliphatic imine (C=N–C) groups is 1. The SMILES string of the molecule is CCNC(=NCC(=O)Nc1cc(Br)ccc1C)NC1CC1C. The molecule has 2 atom stereocenters. The van der Waals surface area contributed by atoms with Gasteiger partial charge >= 0.3 is 0 Å². The second kappa shape index (κ2) is 7.63. The lowest BCUT2D eigenvalue weighted by Crippen LogP contribution is -2.39. The normalized spacial score (nSPS) is 20.5. The van der Waals surface area contributed by atoms with E-state index in [4.69, 9.17) is 0 Å². The lowest BCUT2D eigenvalue weighted by molar-refractivity contribution is -0.114. The van der Waals surface area contributed by atoms with Crippen molar-refractivity contribution in [2.24, 2.45) is 10.9 Å². The summed E-state index contributed by atoms with van der Waals surface area (Å²) in [7, 11) is 0. The zero-order valence-corrected chi connectivity index (χ0v) is 14.8. The summed E-state index contributed by atoms with van der Waals surface area (Å²) >= 11 is 3.41. The van der Waals surface area contributed by atoms with Gasteiger partial charge in [-0.3, -0.25) is 4.79 Å². The van der Waals surface area contributed by atoms with E-state index in [-0.39, 0.29) is 12.5 Å². The van der Waals surface area contributed by atoms with E-state index in [0.717, 1.165) is 28.7 Å². The monoisotopic (exact) mass is 366 g/mol. The molecule has 0 bridgehead atoms. The predicted octanol–water partition coefficient (Wildman–Crippen LogP) is 2.66. The number of hydrogen-bond acceptors (Lipinski definition) is 2. The van der Waals surface area contributed by atoms with Crippen molar-refractivity contribution < 1.29 is 4.79 Å². The molecule has 0 aromatic heterocycles. The minimum atomic E-state index is -0.123. The summed E-state index contributed by atoms with van der Waals surface area (Å²) in [5, 5.41) is 9.39. The van der Waals surface area contributed by atoms with Crippen molar-refractivity contribution in [2.45, 2.75) is 33.2 Å². The molecule has 1 aliphatic rings. The first-order valence-corrected chi connectivity index (χ1v) is 8.39. The Morgan fingerprint density at radius 3 is 2.82 bits per heavy atom. The molecule has 5 nitrogen and oxygen atoms in total. The fourth-order valence-electron chi connectivity index (χ4n) is 2.09. The quantitative estimate of drug-likeness (QED) is 0.554. The first-order chi connectivity index (χ1) is 10.5. The third-order valence-electron chi connectivity index (χ3n) is 3.63. The molecule has 1 saturated carbocycles. The fraction of sp³-hybridized carbons (Fsp3) is 0.500. The Morgan fingerprint density at radius 1 is 1.45 bits per heavy atom. The molecular weight excluding hydrogens is 344 g/mol. The Morgan fingerprint density at radius 2 is 2.18 bits per heavy atom. The average Bonchev–Trinajstić information content (AvgIpc) is 3.16. The van der Waals surface area contributed by atoms with Crippen LogP contribution in [0.25, 0.3) is 0 Å². The molecule has 0 aliphatic heterocycles. The Labute approximate surface area is 140 Å². The number of carbonyl (C=O) groups excluding carboxylic acids is 1. The number of aryl methyl sites for hydroxylation is 1. The van der Waals surface area contributed by atoms with Gasteiger partial charge < -0.3 is 16.0 Å². The molecule has 0 saturated heterocycles. The molecule has 1 fully saturated rings. The standard InChI is InChI=1S/C16H23BrN4O/c1-4-18-16(21-13-7-11(13)3)19-9-15(22)20-14-8-12(17)6-5-10(14)2/h5-6,8,11,13H,4,7,9H2,1-3H3,(H,20,22)(H2,18,19,21). The van der Waals surface area contributed by atoms with Gasteiger partial charge in [-0.2, -0.15) is 0 Å². The maximum Gasteiger partial charge on any atom is 0.246 e. The van der Waals surface area contributed by atoms with Crippen LogP contribution in [0.5, 0.6) is 0 Å². The summed E-state index contributed by atoms with van der Waals surface area (Å²) < 4.78 is 0.939. The topological polar surface area (TPSA) is 65.5 Å². The van der Waals surface area contributed by atoms with Crippen molar-refractivity contribution in [1.29, 1.82) is 0 Å². The molecule has 1 aromatic rings. The summed E-state index contributed by atoms with van der Waals surface area (Å²) in [6, 6.07) is 6.29. The molecule has 0 radical (unpaired) electrons. The van der Waals surface area contributed by atoms with Gasteiger partial charge in [-0.15, -0.1) is 0 Å². The molecule has 0 heterocycles. The molecule has 3 N–H and O–H groups in total. The highest BCUT2D eigenvalue weighted by atomic mass is 79.9. The van der Waals surface area contributed by atoms with Crippen LogP contribution in [-0.4, -0.2) is 31.0 Å². The summed E-state index contributed by atoms with van der Waals surface area (Å²) in [5.41, 5.74) is 1.83. The smallest absolute Gasteiger partial charge is 0.246 e. The van der Waals surface area contributed by atoms with Crippen LogP contribution in [-0.2, 0) is 4.79 Å². The molecule has 120 valence electrons. The van der Waals surface area contributed by atoms with E-state index in [1.165, 1.54) is 0 Å². The first kappa shape index (κ1) is 16.8. The molecule has 2 unspecified atom stereocenters. The van der Waals surface area contributed by atoms with Crippen molar-refractivity contribution in [3.8, 4) is 0 Å². The zero-order valence-electron chi connectivity index (χ0n) is 13.2. The lowest BCUT2D eigenvalue weighted by Gasteiger charge is -2.11. The van der Waals surface area contributed by atoms with Crippen LogP contribution in [0.2, 0.25) is 0 Å². The van der Waals surface area contributed by atoms with Crippen molar-refractivity contribution in [2.75, 3.05) is 18.4 Å². The molecule has 2 rings (SSSR count). The highest BCUT2D eigenvalue weighted by molar-refractivity contribution is 9.10. The third kappa shape index (κ3) is 5.02. The van der Waals surface area contributed by atoms with Crippen molar-refractivity contribution in [3.63, 3.8) is 0 Å². The Bertz CT molecular complexity index is 573. The predicted molar refractivity (Wildman–Crippen MR) is 94.2 cm³/mol. The number of hydrogen-bond donors (Lipinski definition) is 3. The number of rotatable bonds is 5. The van der Waals surface area contributed by atoms with Gasteiger partial charge in [0.05, 0.1) is 0 Å². The highest BCUT2D eigenvalue weighted by Crippen LogP contribution is 2.28. The number of guanidine groups is 1. The van der Waals surface area contributed by atoms with Crippen LogP contribution < -0.4 is 16.0 Å². The Hall–Kier alpha value is -1.56. The summed E-state index contributed by atoms with van der Waals surface area (Å²) in [6.45, 7) is 7.05. The van der Waals surface area contributed by atoms with E-state index >= 15 is 0 Å². The maximum atomic E-state index is 12.1. The van der Waals surface area contributed by atoms with Gasteiger partial charge in [0, 0.05) is 22.7 Å². The van der Waals surface area contributed by atoms with E-state index in [0.29, 0.717) is 17.9 Å². The van der Waals surface area contributed by atoms with E-state index in [1.54, 1.807) is 0 Å². The fourth-order valence-corrected chi connectivity index (χ4v) is 2.45. The van der Waals surface area contributed by atoms with Crippen molar-refractivity contribution in [3.05, 3.63) is 28.2 Å². The van der Waals surface area contributed by atoms with E-state index in [2.05, 4.69) is 43.8 Å². The van der Waals surface area contributed by atoms with Crippen LogP contribution in [0.3, 0.4) is 0 Å². The second-order valence-electron chi connectivity index (χ2n) is 5.67. The number of benzene rings is 1.